The van der Waals surface area contributed by atoms with Crippen LogP contribution in [0.2, 0.25) is 5.02 Å². The van der Waals surface area contributed by atoms with Crippen LogP contribution in [0.3, 0.4) is 0 Å². The van der Waals surface area contributed by atoms with E-state index in [0.29, 0.717) is 10.6 Å². The van der Waals surface area contributed by atoms with Gasteiger partial charge in [-0.2, -0.15) is 13.2 Å². The maximum atomic E-state index is 12.8. The van der Waals surface area contributed by atoms with Crippen LogP contribution in [0.5, 0.6) is 0 Å². The fraction of sp³-hybridized carbons (Fsp3) is 0.200. The highest BCUT2D eigenvalue weighted by atomic mass is 35.5. The molecule has 0 saturated carbocycles. The predicted octanol–water partition coefficient (Wildman–Crippen LogP) is 4.22. The van der Waals surface area contributed by atoms with E-state index in [-0.39, 0.29) is 0 Å². The summed E-state index contributed by atoms with van der Waals surface area (Å²) in [7, 11) is 0. The van der Waals surface area contributed by atoms with Crippen LogP contribution >= 0.6 is 11.6 Å². The van der Waals surface area contributed by atoms with Gasteiger partial charge in [-0.05, 0) is 47.9 Å². The molecular formula is C15H14ClF3N2. The first-order valence-electron chi connectivity index (χ1n) is 6.22. The molecule has 0 saturated heterocycles. The number of benzene rings is 2. The molecule has 2 rings (SSSR count). The van der Waals surface area contributed by atoms with Gasteiger partial charge in [-0.25, -0.2) is 5.43 Å². The lowest BCUT2D eigenvalue weighted by atomic mass is 9.94. The Hall–Kier alpha value is -1.56. The zero-order valence-electron chi connectivity index (χ0n) is 11.2. The predicted molar refractivity (Wildman–Crippen MR) is 76.8 cm³/mol. The Labute approximate surface area is 125 Å². The minimum atomic E-state index is -4.38. The number of halogens is 4. The van der Waals surface area contributed by atoms with E-state index in [1.54, 1.807) is 24.3 Å². The zero-order valence-corrected chi connectivity index (χ0v) is 12.0. The molecule has 2 aromatic rings. The van der Waals surface area contributed by atoms with Gasteiger partial charge in [-0.15, -0.1) is 0 Å². The molecule has 0 bridgehead atoms. The molecular weight excluding hydrogens is 301 g/mol. The summed E-state index contributed by atoms with van der Waals surface area (Å²) in [5.74, 6) is 5.54. The number of rotatable bonds is 3. The lowest BCUT2D eigenvalue weighted by Gasteiger charge is -2.20. The molecule has 3 N–H and O–H groups in total. The Morgan fingerprint density at radius 2 is 1.86 bits per heavy atom. The molecule has 0 spiro atoms. The molecule has 0 amide bonds. The van der Waals surface area contributed by atoms with Crippen molar-refractivity contribution in [2.45, 2.75) is 19.1 Å². The molecule has 1 unspecified atom stereocenters. The van der Waals surface area contributed by atoms with Crippen LogP contribution in [0.4, 0.5) is 13.2 Å². The number of nitrogens with two attached hydrogens (primary N) is 1. The molecule has 0 heterocycles. The Morgan fingerprint density at radius 3 is 2.43 bits per heavy atom. The minimum Gasteiger partial charge on any atom is -0.271 e. The number of nitrogens with one attached hydrogen (secondary N) is 1. The van der Waals surface area contributed by atoms with Gasteiger partial charge >= 0.3 is 6.18 Å². The van der Waals surface area contributed by atoms with Crippen molar-refractivity contribution in [3.63, 3.8) is 0 Å². The van der Waals surface area contributed by atoms with Crippen molar-refractivity contribution < 1.29 is 13.2 Å². The Bertz CT molecular complexity index is 641. The number of aryl methyl sites for hydroxylation is 1. The topological polar surface area (TPSA) is 38.0 Å². The minimum absolute atomic E-state index is 0.442. The van der Waals surface area contributed by atoms with Crippen molar-refractivity contribution in [3.8, 4) is 0 Å². The number of hydrogen-bond acceptors (Lipinski definition) is 2. The van der Waals surface area contributed by atoms with Gasteiger partial charge in [-0.1, -0.05) is 29.8 Å². The first kappa shape index (κ1) is 15.8. The maximum absolute atomic E-state index is 12.8. The van der Waals surface area contributed by atoms with E-state index < -0.39 is 17.8 Å². The first-order valence-corrected chi connectivity index (χ1v) is 6.60. The number of hydrazine groups is 1. The summed E-state index contributed by atoms with van der Waals surface area (Å²) < 4.78 is 38.4. The first-order chi connectivity index (χ1) is 9.82. The zero-order chi connectivity index (χ0) is 15.6. The standard InChI is InChI=1S/C15H14ClF3N2/c1-9-7-12(16)5-6-13(9)14(21-20)10-3-2-4-11(8-10)15(17,18)19/h2-8,14,21H,20H2,1H3. The van der Waals surface area contributed by atoms with Crippen molar-refractivity contribution in [2.75, 3.05) is 0 Å². The van der Waals surface area contributed by atoms with E-state index in [1.807, 2.05) is 6.92 Å². The summed E-state index contributed by atoms with van der Waals surface area (Å²) in [6, 6.07) is 9.75. The second-order valence-electron chi connectivity index (χ2n) is 4.72. The number of hydrogen-bond donors (Lipinski definition) is 2. The maximum Gasteiger partial charge on any atom is 0.416 e. The normalized spacial score (nSPS) is 13.2. The van der Waals surface area contributed by atoms with Crippen LogP contribution in [0.1, 0.15) is 28.3 Å². The molecule has 0 aliphatic heterocycles. The van der Waals surface area contributed by atoms with Crippen molar-refractivity contribution in [1.82, 2.24) is 5.43 Å². The monoisotopic (exact) mass is 314 g/mol. The Kier molecular flexibility index (Phi) is 4.56. The van der Waals surface area contributed by atoms with Gasteiger partial charge in [0, 0.05) is 5.02 Å². The molecule has 21 heavy (non-hydrogen) atoms. The largest absolute Gasteiger partial charge is 0.416 e. The molecule has 0 radical (unpaired) electrons. The lowest BCUT2D eigenvalue weighted by Crippen LogP contribution is -2.29. The molecule has 0 aromatic heterocycles. The Morgan fingerprint density at radius 1 is 1.14 bits per heavy atom. The van der Waals surface area contributed by atoms with Crippen LogP contribution < -0.4 is 11.3 Å². The summed E-state index contributed by atoms with van der Waals surface area (Å²) in [6.07, 6.45) is -4.38. The third-order valence-corrected chi connectivity index (χ3v) is 3.49. The molecule has 6 heteroatoms. The van der Waals surface area contributed by atoms with E-state index in [0.717, 1.165) is 23.3 Å². The fourth-order valence-electron chi connectivity index (χ4n) is 2.22. The smallest absolute Gasteiger partial charge is 0.271 e. The highest BCUT2D eigenvalue weighted by Crippen LogP contribution is 2.33. The Balaban J connectivity index is 2.47. The molecule has 112 valence electrons. The van der Waals surface area contributed by atoms with Crippen LogP contribution in [0.25, 0.3) is 0 Å². The SMILES string of the molecule is Cc1cc(Cl)ccc1C(NN)c1cccc(C(F)(F)F)c1. The van der Waals surface area contributed by atoms with E-state index in [4.69, 9.17) is 17.4 Å². The van der Waals surface area contributed by atoms with Crippen molar-refractivity contribution in [3.05, 3.63) is 69.7 Å². The average Bonchev–Trinajstić information content (AvgIpc) is 2.41. The molecule has 0 aliphatic rings. The van der Waals surface area contributed by atoms with Crippen LogP contribution in [0, 0.1) is 6.92 Å². The van der Waals surface area contributed by atoms with E-state index in [9.17, 15) is 13.2 Å². The third-order valence-electron chi connectivity index (χ3n) is 3.26. The van der Waals surface area contributed by atoms with Crippen LogP contribution in [0.15, 0.2) is 42.5 Å². The van der Waals surface area contributed by atoms with Gasteiger partial charge in [-0.3, -0.25) is 5.84 Å². The van der Waals surface area contributed by atoms with Crippen LogP contribution in [-0.2, 0) is 6.18 Å². The molecule has 0 aliphatic carbocycles. The van der Waals surface area contributed by atoms with Crippen molar-refractivity contribution in [2.24, 2.45) is 5.84 Å². The summed E-state index contributed by atoms with van der Waals surface area (Å²) in [5, 5.41) is 0.566. The van der Waals surface area contributed by atoms with Gasteiger partial charge in [0.1, 0.15) is 0 Å². The highest BCUT2D eigenvalue weighted by molar-refractivity contribution is 6.30. The van der Waals surface area contributed by atoms with E-state index in [2.05, 4.69) is 5.43 Å². The third kappa shape index (κ3) is 3.56. The van der Waals surface area contributed by atoms with E-state index in [1.165, 1.54) is 6.07 Å². The summed E-state index contributed by atoms with van der Waals surface area (Å²) in [6.45, 7) is 1.83. The molecule has 2 aromatic carbocycles. The second kappa shape index (κ2) is 6.05. The van der Waals surface area contributed by atoms with Gasteiger partial charge in [0.25, 0.3) is 0 Å². The van der Waals surface area contributed by atoms with Crippen molar-refractivity contribution in [1.29, 1.82) is 0 Å². The second-order valence-corrected chi connectivity index (χ2v) is 5.16. The van der Waals surface area contributed by atoms with Gasteiger partial charge in [0.15, 0.2) is 0 Å². The van der Waals surface area contributed by atoms with Gasteiger partial charge in [0.2, 0.25) is 0 Å². The molecule has 2 nitrogen and oxygen atoms in total. The summed E-state index contributed by atoms with van der Waals surface area (Å²) >= 11 is 5.90. The van der Waals surface area contributed by atoms with E-state index >= 15 is 0 Å². The van der Waals surface area contributed by atoms with Gasteiger partial charge in [0.05, 0.1) is 11.6 Å². The lowest BCUT2D eigenvalue weighted by molar-refractivity contribution is -0.137. The number of alkyl halides is 3. The summed E-state index contributed by atoms with van der Waals surface area (Å²) in [5.41, 5.74) is 3.93. The summed E-state index contributed by atoms with van der Waals surface area (Å²) in [4.78, 5) is 0. The highest BCUT2D eigenvalue weighted by Gasteiger charge is 2.31. The van der Waals surface area contributed by atoms with Crippen molar-refractivity contribution >= 4 is 11.6 Å². The van der Waals surface area contributed by atoms with Gasteiger partial charge < -0.3 is 0 Å². The van der Waals surface area contributed by atoms with Crippen LogP contribution in [-0.4, -0.2) is 0 Å². The average molecular weight is 315 g/mol. The fourth-order valence-corrected chi connectivity index (χ4v) is 2.45. The quantitative estimate of drug-likeness (QED) is 0.657. The molecule has 0 fully saturated rings. The molecule has 1 atom stereocenters.